The van der Waals surface area contributed by atoms with E-state index in [1.165, 1.54) is 43.5 Å². The van der Waals surface area contributed by atoms with Gasteiger partial charge < -0.3 is 14.0 Å². The molecule has 0 atom stereocenters. The zero-order chi connectivity index (χ0) is 22.9. The minimum atomic E-state index is -3.87. The average molecular weight is 459 g/mol. The van der Waals surface area contributed by atoms with Gasteiger partial charge in [0.25, 0.3) is 5.89 Å². The number of halogens is 1. The largest absolute Gasteiger partial charge is 0.494 e. The van der Waals surface area contributed by atoms with E-state index in [4.69, 9.17) is 19.1 Å². The molecule has 0 aliphatic rings. The van der Waals surface area contributed by atoms with Crippen molar-refractivity contribution in [2.24, 2.45) is 12.2 Å². The summed E-state index contributed by atoms with van der Waals surface area (Å²) in [5, 5.41) is 13.3. The number of nitrogens with two attached hydrogens (primary N) is 1. The molecule has 4 aromatic rings. The molecule has 2 heterocycles. The van der Waals surface area contributed by atoms with Gasteiger partial charge in [0.2, 0.25) is 15.8 Å². The maximum absolute atomic E-state index is 13.6. The van der Waals surface area contributed by atoms with Gasteiger partial charge in [0.1, 0.15) is 12.4 Å². The van der Waals surface area contributed by atoms with Crippen molar-refractivity contribution in [1.82, 2.24) is 19.9 Å². The van der Waals surface area contributed by atoms with E-state index in [-0.39, 0.29) is 29.0 Å². The van der Waals surface area contributed by atoms with Gasteiger partial charge in [-0.25, -0.2) is 17.9 Å². The number of aromatic nitrogens is 4. The molecular formula is C20H18FN5O5S. The lowest BCUT2D eigenvalue weighted by atomic mass is 10.2. The first-order chi connectivity index (χ1) is 15.3. The lowest BCUT2D eigenvalue weighted by Gasteiger charge is -2.09. The minimum absolute atomic E-state index is 0.0634. The van der Waals surface area contributed by atoms with Gasteiger partial charge in [-0.1, -0.05) is 17.3 Å². The van der Waals surface area contributed by atoms with Crippen molar-refractivity contribution in [2.45, 2.75) is 11.5 Å². The second kappa shape index (κ2) is 8.40. The maximum Gasteiger partial charge on any atom is 0.261 e. The predicted molar refractivity (Wildman–Crippen MR) is 111 cm³/mol. The van der Waals surface area contributed by atoms with Crippen LogP contribution >= 0.6 is 0 Å². The Morgan fingerprint density at radius 1 is 1.22 bits per heavy atom. The van der Waals surface area contributed by atoms with E-state index in [9.17, 15) is 12.8 Å². The van der Waals surface area contributed by atoms with E-state index in [1.807, 2.05) is 0 Å². The smallest absolute Gasteiger partial charge is 0.261 e. The Morgan fingerprint density at radius 2 is 2.03 bits per heavy atom. The van der Waals surface area contributed by atoms with Crippen LogP contribution in [0.5, 0.6) is 11.5 Å². The van der Waals surface area contributed by atoms with Crippen molar-refractivity contribution in [3.05, 3.63) is 60.2 Å². The summed E-state index contributed by atoms with van der Waals surface area (Å²) in [7, 11) is -0.781. The summed E-state index contributed by atoms with van der Waals surface area (Å²) in [6, 6.07) is 10.1. The van der Waals surface area contributed by atoms with Crippen LogP contribution < -0.4 is 14.6 Å². The predicted octanol–water partition coefficient (Wildman–Crippen LogP) is 2.51. The summed E-state index contributed by atoms with van der Waals surface area (Å²) in [4.78, 5) is 4.29. The third-order valence-corrected chi connectivity index (χ3v) is 5.55. The monoisotopic (exact) mass is 459 g/mol. The second-order valence-electron chi connectivity index (χ2n) is 6.71. The van der Waals surface area contributed by atoms with Crippen molar-refractivity contribution in [3.8, 4) is 34.3 Å². The Morgan fingerprint density at radius 3 is 2.78 bits per heavy atom. The normalized spacial score (nSPS) is 11.5. The van der Waals surface area contributed by atoms with Gasteiger partial charge in [0.05, 0.1) is 29.5 Å². The molecule has 0 aliphatic carbocycles. The number of sulfonamides is 1. The van der Waals surface area contributed by atoms with E-state index in [0.29, 0.717) is 22.6 Å². The number of ether oxygens (including phenoxy) is 2. The molecule has 0 bridgehead atoms. The number of aryl methyl sites for hydroxylation is 1. The molecular weight excluding hydrogens is 441 g/mol. The maximum atomic E-state index is 13.6. The first-order valence-corrected chi connectivity index (χ1v) is 10.8. The van der Waals surface area contributed by atoms with E-state index >= 15 is 0 Å². The molecule has 166 valence electrons. The summed E-state index contributed by atoms with van der Waals surface area (Å²) < 4.78 is 54.5. The molecule has 0 radical (unpaired) electrons. The minimum Gasteiger partial charge on any atom is -0.494 e. The molecule has 2 aromatic heterocycles. The van der Waals surface area contributed by atoms with E-state index in [0.717, 1.165) is 0 Å². The summed E-state index contributed by atoms with van der Waals surface area (Å²) in [5.74, 6) is 0.331. The van der Waals surface area contributed by atoms with Crippen molar-refractivity contribution in [2.75, 3.05) is 7.11 Å². The third-order valence-electron chi connectivity index (χ3n) is 4.64. The Kier molecular flexibility index (Phi) is 5.63. The van der Waals surface area contributed by atoms with Gasteiger partial charge in [0.15, 0.2) is 11.6 Å². The standard InChI is InChI=1S/C20H18FN5O5S/c1-26-17(11-30-13-6-7-16(21)18(9-13)29-2)15(10-23-26)20-24-19(25-31-20)12-4-3-5-14(8-12)32(22,27)28/h3-10H,11H2,1-2H3,(H2,22,27,28). The molecule has 32 heavy (non-hydrogen) atoms. The Balaban J connectivity index is 1.60. The number of hydrogen-bond donors (Lipinski definition) is 1. The summed E-state index contributed by atoms with van der Waals surface area (Å²) in [5.41, 5.74) is 1.58. The number of rotatable bonds is 7. The van der Waals surface area contributed by atoms with E-state index < -0.39 is 15.8 Å². The van der Waals surface area contributed by atoms with Crippen molar-refractivity contribution < 1.29 is 26.8 Å². The van der Waals surface area contributed by atoms with Gasteiger partial charge in [-0.2, -0.15) is 10.1 Å². The molecule has 0 aliphatic heterocycles. The summed E-state index contributed by atoms with van der Waals surface area (Å²) in [6.07, 6.45) is 1.54. The molecule has 0 saturated carbocycles. The van der Waals surface area contributed by atoms with Crippen LogP contribution in [-0.2, 0) is 23.7 Å². The van der Waals surface area contributed by atoms with Crippen LogP contribution in [0.3, 0.4) is 0 Å². The van der Waals surface area contributed by atoms with Crippen molar-refractivity contribution in [1.29, 1.82) is 0 Å². The second-order valence-corrected chi connectivity index (χ2v) is 8.27. The average Bonchev–Trinajstić information content (AvgIpc) is 3.39. The molecule has 0 unspecified atom stereocenters. The molecule has 4 rings (SSSR count). The fourth-order valence-electron chi connectivity index (χ4n) is 2.96. The highest BCUT2D eigenvalue weighted by molar-refractivity contribution is 7.89. The molecule has 10 nitrogen and oxygen atoms in total. The SMILES string of the molecule is COc1cc(OCc2c(-c3nc(-c4cccc(S(N)(=O)=O)c4)no3)cnn2C)ccc1F. The van der Waals surface area contributed by atoms with Crippen LogP contribution in [0.15, 0.2) is 58.1 Å². The van der Waals surface area contributed by atoms with Crippen molar-refractivity contribution >= 4 is 10.0 Å². The molecule has 2 N–H and O–H groups in total. The number of benzene rings is 2. The lowest BCUT2D eigenvalue weighted by Crippen LogP contribution is -2.11. The number of hydrogen-bond acceptors (Lipinski definition) is 8. The highest BCUT2D eigenvalue weighted by Gasteiger charge is 2.19. The number of methoxy groups -OCH3 is 1. The quantitative estimate of drug-likeness (QED) is 0.445. The molecule has 12 heteroatoms. The van der Waals surface area contributed by atoms with Crippen LogP contribution in [-0.4, -0.2) is 35.4 Å². The zero-order valence-corrected chi connectivity index (χ0v) is 17.8. The summed E-state index contributed by atoms with van der Waals surface area (Å²) in [6.45, 7) is 0.0826. The first-order valence-electron chi connectivity index (χ1n) is 9.21. The molecule has 0 spiro atoms. The van der Waals surface area contributed by atoms with Crippen LogP contribution in [0.1, 0.15) is 5.69 Å². The van der Waals surface area contributed by atoms with Gasteiger partial charge in [-0.05, 0) is 24.3 Å². The molecule has 0 amide bonds. The fourth-order valence-corrected chi connectivity index (χ4v) is 3.52. The topological polar surface area (TPSA) is 135 Å². The summed E-state index contributed by atoms with van der Waals surface area (Å²) >= 11 is 0. The Labute approximate surface area is 182 Å². The molecule has 0 saturated heterocycles. The highest BCUT2D eigenvalue weighted by Crippen LogP contribution is 2.28. The van der Waals surface area contributed by atoms with Crippen LogP contribution in [0.4, 0.5) is 4.39 Å². The highest BCUT2D eigenvalue weighted by atomic mass is 32.2. The van der Waals surface area contributed by atoms with Crippen molar-refractivity contribution in [3.63, 3.8) is 0 Å². The molecule has 0 fully saturated rings. The molecule has 2 aromatic carbocycles. The lowest BCUT2D eigenvalue weighted by molar-refractivity contribution is 0.291. The van der Waals surface area contributed by atoms with Gasteiger partial charge in [0, 0.05) is 18.7 Å². The van der Waals surface area contributed by atoms with Crippen LogP contribution in [0.2, 0.25) is 0 Å². The first kappa shape index (κ1) is 21.5. The van der Waals surface area contributed by atoms with E-state index in [1.54, 1.807) is 24.0 Å². The van der Waals surface area contributed by atoms with Gasteiger partial charge in [-0.3, -0.25) is 4.68 Å². The van der Waals surface area contributed by atoms with E-state index in [2.05, 4.69) is 15.2 Å². The number of nitrogens with zero attached hydrogens (tertiary/aromatic N) is 4. The van der Waals surface area contributed by atoms with Gasteiger partial charge >= 0.3 is 0 Å². The Hall–Kier alpha value is -3.77. The third kappa shape index (κ3) is 4.31. The zero-order valence-electron chi connectivity index (χ0n) is 17.0. The van der Waals surface area contributed by atoms with Gasteiger partial charge in [-0.15, -0.1) is 0 Å². The van der Waals surface area contributed by atoms with Crippen LogP contribution in [0, 0.1) is 5.82 Å². The fraction of sp³-hybridized carbons (Fsp3) is 0.150. The number of primary sulfonamides is 1. The van der Waals surface area contributed by atoms with Crippen LogP contribution in [0.25, 0.3) is 22.8 Å². The Bertz CT molecular complexity index is 1380.